The van der Waals surface area contributed by atoms with E-state index in [-0.39, 0.29) is 18.7 Å². The van der Waals surface area contributed by atoms with Crippen LogP contribution in [0.2, 0.25) is 0 Å². The van der Waals surface area contributed by atoms with Crippen molar-refractivity contribution >= 4 is 56.9 Å². The SMILES string of the molecule is CN(C)CCNC(=O)c1ccc(-c2c3ccc(=[N+]4CCN(C)CC4)cc-3oc3cc(N4CCN(C)CC4)ccc23)cc1.CN1CCN(c2ccc3c(-c4ccc(C(=O)NN5C(=O)CCC5=O)cc4)c4ccc(=[N+]5CCN(C)CC5)cc-4oc3c2)CC1. The summed E-state index contributed by atoms with van der Waals surface area (Å²) in [7, 11) is 12.7. The molecule has 2 aliphatic carbocycles. The van der Waals surface area contributed by atoms with E-state index in [1.54, 1.807) is 12.1 Å². The summed E-state index contributed by atoms with van der Waals surface area (Å²) in [6.07, 6.45) is 0.231. The molecule has 9 aliphatic rings. The number of carbonyl (C=O) groups excluding carboxylic acids is 4. The molecular formula is C68H80N12O6+2. The minimum atomic E-state index is -0.494. The van der Waals surface area contributed by atoms with E-state index in [0.717, 1.165) is 194 Å². The van der Waals surface area contributed by atoms with Crippen molar-refractivity contribution < 1.29 is 28.0 Å². The zero-order valence-corrected chi connectivity index (χ0v) is 50.6. The highest BCUT2D eigenvalue weighted by atomic mass is 16.3. The number of rotatable bonds is 10. The third-order valence-corrected chi connectivity index (χ3v) is 17.8. The van der Waals surface area contributed by atoms with Gasteiger partial charge in [-0.1, -0.05) is 24.3 Å². The van der Waals surface area contributed by atoms with Crippen molar-refractivity contribution in [3.8, 4) is 44.9 Å². The van der Waals surface area contributed by atoms with Crippen LogP contribution in [0.25, 0.3) is 66.8 Å². The topological polar surface area (TPSA) is 151 Å². The summed E-state index contributed by atoms with van der Waals surface area (Å²) in [6.45, 7) is 17.6. The molecule has 0 aromatic heterocycles. The number of anilines is 2. The summed E-state index contributed by atoms with van der Waals surface area (Å²) in [5.41, 5.74) is 13.8. The van der Waals surface area contributed by atoms with Crippen LogP contribution in [0.5, 0.6) is 0 Å². The van der Waals surface area contributed by atoms with E-state index in [1.165, 1.54) is 11.0 Å². The Hall–Kier alpha value is -8.26. The fourth-order valence-corrected chi connectivity index (χ4v) is 12.3. The van der Waals surface area contributed by atoms with Gasteiger partial charge in [0.05, 0.1) is 38.3 Å². The van der Waals surface area contributed by atoms with Gasteiger partial charge in [0.1, 0.15) is 22.7 Å². The van der Waals surface area contributed by atoms with Crippen molar-refractivity contribution in [2.24, 2.45) is 0 Å². The molecular weight excluding hydrogens is 1080 g/mol. The molecule has 7 heterocycles. The van der Waals surface area contributed by atoms with Gasteiger partial charge in [-0.2, -0.15) is 5.01 Å². The third kappa shape index (κ3) is 12.7. The van der Waals surface area contributed by atoms with Gasteiger partial charge in [-0.05, 0) is 114 Å². The molecule has 0 radical (unpaired) electrons. The quantitative estimate of drug-likeness (QED) is 0.102. The van der Waals surface area contributed by atoms with Gasteiger partial charge in [0.15, 0.2) is 26.2 Å². The van der Waals surface area contributed by atoms with Crippen LogP contribution in [-0.2, 0) is 9.59 Å². The molecule has 4 amide bonds. The Balaban J connectivity index is 0.000000169. The molecule has 18 heteroatoms. The largest absolute Gasteiger partial charge is 0.456 e. The molecule has 446 valence electrons. The van der Waals surface area contributed by atoms with Gasteiger partial charge in [0.25, 0.3) is 11.8 Å². The van der Waals surface area contributed by atoms with Gasteiger partial charge >= 0.3 is 0 Å². The highest BCUT2D eigenvalue weighted by molar-refractivity contribution is 6.07. The minimum Gasteiger partial charge on any atom is -0.456 e. The van der Waals surface area contributed by atoms with Crippen molar-refractivity contribution in [2.75, 3.05) is 170 Å². The maximum absolute atomic E-state index is 12.9. The third-order valence-electron chi connectivity index (χ3n) is 17.8. The van der Waals surface area contributed by atoms with Crippen LogP contribution < -0.4 is 40.4 Å². The Labute approximate surface area is 503 Å². The zero-order valence-electron chi connectivity index (χ0n) is 50.6. The van der Waals surface area contributed by atoms with Crippen LogP contribution in [0, 0.1) is 0 Å². The summed E-state index contributed by atoms with van der Waals surface area (Å²) in [6, 6.07) is 41.5. The summed E-state index contributed by atoms with van der Waals surface area (Å²) in [5.74, 6) is 0.374. The molecule has 4 aromatic rings. The Morgan fingerprint density at radius 2 is 0.895 bits per heavy atom. The second-order valence-electron chi connectivity index (χ2n) is 24.1. The molecule has 5 saturated heterocycles. The van der Waals surface area contributed by atoms with E-state index in [0.29, 0.717) is 17.7 Å². The minimum absolute atomic E-state index is 0.0465. The monoisotopic (exact) mass is 1160 g/mol. The number of imide groups is 1. The lowest BCUT2D eigenvalue weighted by molar-refractivity contribution is -0.141. The number of hydrazine groups is 1. The molecule has 13 rings (SSSR count). The molecule has 18 nitrogen and oxygen atoms in total. The average Bonchev–Trinajstić information content (AvgIpc) is 1.61. The average molecular weight is 1160 g/mol. The summed E-state index contributed by atoms with van der Waals surface area (Å²) in [4.78, 5) is 66.0. The second kappa shape index (κ2) is 25.4. The fraction of sp³-hybridized carbons (Fsp3) is 0.382. The summed E-state index contributed by atoms with van der Waals surface area (Å²) in [5, 5.41) is 8.26. The maximum atomic E-state index is 12.9. The van der Waals surface area contributed by atoms with Crippen LogP contribution >= 0.6 is 0 Å². The number of hydrogen-bond acceptors (Lipinski definition) is 13. The number of likely N-dealkylation sites (N-methyl/N-ethyl adjacent to an activating group) is 5. The van der Waals surface area contributed by atoms with Crippen molar-refractivity contribution in [3.05, 3.63) is 143 Å². The van der Waals surface area contributed by atoms with Gasteiger partial charge < -0.3 is 38.7 Å². The number of nitrogens with one attached hydrogen (secondary N) is 2. The van der Waals surface area contributed by atoms with Crippen molar-refractivity contribution in [3.63, 3.8) is 0 Å². The first kappa shape index (κ1) is 58.1. The van der Waals surface area contributed by atoms with Gasteiger partial charge in [-0.3, -0.25) is 34.4 Å². The van der Waals surface area contributed by atoms with Crippen LogP contribution in [-0.4, -0.2) is 213 Å². The smallest absolute Gasteiger partial charge is 0.270 e. The molecule has 4 aromatic carbocycles. The number of amides is 4. The van der Waals surface area contributed by atoms with Gasteiger partial charge in [0, 0.05) is 158 Å². The summed E-state index contributed by atoms with van der Waals surface area (Å²) < 4.78 is 18.2. The number of benzene rings is 6. The van der Waals surface area contributed by atoms with Crippen molar-refractivity contribution in [1.82, 2.24) is 49.4 Å². The van der Waals surface area contributed by atoms with E-state index in [9.17, 15) is 19.2 Å². The molecule has 86 heavy (non-hydrogen) atoms. The Morgan fingerprint density at radius 3 is 1.31 bits per heavy atom. The lowest BCUT2D eigenvalue weighted by Gasteiger charge is -2.34. The predicted molar refractivity (Wildman–Crippen MR) is 340 cm³/mol. The Kier molecular flexibility index (Phi) is 17.1. The van der Waals surface area contributed by atoms with Crippen LogP contribution in [0.1, 0.15) is 33.6 Å². The lowest BCUT2D eigenvalue weighted by atomic mass is 9.93. The fourth-order valence-electron chi connectivity index (χ4n) is 12.3. The number of hydrogen-bond donors (Lipinski definition) is 2. The van der Waals surface area contributed by atoms with Crippen molar-refractivity contribution in [1.29, 1.82) is 0 Å². The predicted octanol–water partition coefficient (Wildman–Crippen LogP) is 5.43. The number of piperazine rings is 4. The molecule has 5 fully saturated rings. The summed E-state index contributed by atoms with van der Waals surface area (Å²) >= 11 is 0. The first-order chi connectivity index (χ1) is 41.7. The number of nitrogens with zero attached hydrogens (tertiary/aromatic N) is 10. The Morgan fingerprint density at radius 1 is 0.488 bits per heavy atom. The zero-order chi connectivity index (χ0) is 59.6. The highest BCUT2D eigenvalue weighted by Gasteiger charge is 2.31. The second-order valence-corrected chi connectivity index (χ2v) is 24.1. The lowest BCUT2D eigenvalue weighted by Crippen LogP contribution is -2.46. The molecule has 7 aliphatic heterocycles. The van der Waals surface area contributed by atoms with E-state index >= 15 is 0 Å². The first-order valence-corrected chi connectivity index (χ1v) is 30.4. The van der Waals surface area contributed by atoms with E-state index in [4.69, 9.17) is 8.83 Å². The van der Waals surface area contributed by atoms with Gasteiger partial charge in [-0.15, -0.1) is 0 Å². The maximum Gasteiger partial charge on any atom is 0.270 e. The molecule has 0 unspecified atom stereocenters. The Bertz CT molecular complexity index is 3880. The van der Waals surface area contributed by atoms with Gasteiger partial charge in [0.2, 0.25) is 22.5 Å². The van der Waals surface area contributed by atoms with Crippen molar-refractivity contribution in [2.45, 2.75) is 12.8 Å². The molecule has 0 bridgehead atoms. The van der Waals surface area contributed by atoms with E-state index in [2.05, 4.69) is 167 Å². The van der Waals surface area contributed by atoms with Crippen LogP contribution in [0.3, 0.4) is 0 Å². The molecule has 0 saturated carbocycles. The molecule has 0 atom stereocenters. The normalized spacial score (nSPS) is 17.8. The highest BCUT2D eigenvalue weighted by Crippen LogP contribution is 2.43. The first-order valence-electron chi connectivity index (χ1n) is 30.4. The molecule has 0 spiro atoms. The van der Waals surface area contributed by atoms with E-state index < -0.39 is 17.7 Å². The van der Waals surface area contributed by atoms with Gasteiger partial charge in [-0.25, -0.2) is 9.15 Å². The molecule has 2 N–H and O–H groups in total. The standard InChI is InChI=1S/C34H36N6O4.C34H42N6O2/c1-36-13-17-38(18-14-36)25-7-9-27-29(21-25)44-30-22-26(39-19-15-37(2)16-20-39)8-10-28(30)33(27)23-3-5-24(6-4-23)34(43)35-40-31(41)11-12-32(40)42;1-36(2)14-13-35-34(41)26-7-5-25(6-8-26)33-29-11-9-27(39-19-15-37(3)16-20-39)23-31(29)42-32-24-28(10-12-30(32)33)40-21-17-38(4)18-22-40/h3-10,21-22H,11-20H2,1-2H3;5-12,23-24H,13-22H2,1-4H3/p+2. The number of fused-ring (bicyclic) bond motifs is 4. The van der Waals surface area contributed by atoms with Crippen LogP contribution in [0.15, 0.2) is 130 Å². The van der Waals surface area contributed by atoms with E-state index in [1.807, 2.05) is 38.4 Å². The van der Waals surface area contributed by atoms with Crippen LogP contribution in [0.4, 0.5) is 11.4 Å². The number of carbonyl (C=O) groups is 4.